The molecule has 2 atom stereocenters. The Hall–Kier alpha value is -1.06. The number of piperidine rings is 1. The second-order valence-electron chi connectivity index (χ2n) is 4.82. The SMILES string of the molecule is COC(=O)[C@]1(C)C[C@H]2CCCC(=O)N2C1. The van der Waals surface area contributed by atoms with Crippen LogP contribution in [-0.4, -0.2) is 36.5 Å². The van der Waals surface area contributed by atoms with Crippen molar-refractivity contribution in [2.45, 2.75) is 38.6 Å². The summed E-state index contributed by atoms with van der Waals surface area (Å²) in [6.45, 7) is 2.42. The highest BCUT2D eigenvalue weighted by atomic mass is 16.5. The molecule has 84 valence electrons. The number of hydrogen-bond donors (Lipinski definition) is 0. The first-order chi connectivity index (χ1) is 7.07. The number of carbonyl (C=O) groups is 2. The highest BCUT2D eigenvalue weighted by Gasteiger charge is 2.49. The van der Waals surface area contributed by atoms with Gasteiger partial charge in [0.15, 0.2) is 0 Å². The Labute approximate surface area is 89.6 Å². The molecule has 4 nitrogen and oxygen atoms in total. The quantitative estimate of drug-likeness (QED) is 0.607. The van der Waals surface area contributed by atoms with Crippen LogP contribution in [0.2, 0.25) is 0 Å². The summed E-state index contributed by atoms with van der Waals surface area (Å²) in [6.07, 6.45) is 3.37. The Morgan fingerprint density at radius 1 is 1.60 bits per heavy atom. The first-order valence-corrected chi connectivity index (χ1v) is 5.45. The molecule has 0 aromatic rings. The molecule has 2 rings (SSSR count). The molecular formula is C11H17NO3. The average Bonchev–Trinajstić information content (AvgIpc) is 2.57. The number of methoxy groups -OCH3 is 1. The molecule has 15 heavy (non-hydrogen) atoms. The molecule has 0 N–H and O–H groups in total. The predicted molar refractivity (Wildman–Crippen MR) is 54.1 cm³/mol. The Morgan fingerprint density at radius 3 is 2.93 bits per heavy atom. The standard InChI is InChI=1S/C11H17NO3/c1-11(10(14)15-2)6-8-4-3-5-9(13)12(8)7-11/h8H,3-7H2,1-2H3/t8-,11-/m1/s1. The molecule has 2 aliphatic rings. The van der Waals surface area contributed by atoms with Crippen molar-refractivity contribution in [2.75, 3.05) is 13.7 Å². The van der Waals surface area contributed by atoms with Crippen LogP contribution in [0.15, 0.2) is 0 Å². The van der Waals surface area contributed by atoms with Gasteiger partial charge in [0.2, 0.25) is 5.91 Å². The molecule has 2 heterocycles. The number of carbonyl (C=O) groups excluding carboxylic acids is 2. The summed E-state index contributed by atoms with van der Waals surface area (Å²) in [4.78, 5) is 25.1. The number of fused-ring (bicyclic) bond motifs is 1. The average molecular weight is 211 g/mol. The number of ether oxygens (including phenoxy) is 1. The topological polar surface area (TPSA) is 46.6 Å². The summed E-state index contributed by atoms with van der Waals surface area (Å²) in [7, 11) is 1.41. The summed E-state index contributed by atoms with van der Waals surface area (Å²) in [5.74, 6) is 0.00331. The van der Waals surface area contributed by atoms with Crippen LogP contribution < -0.4 is 0 Å². The number of nitrogens with zero attached hydrogens (tertiary/aromatic N) is 1. The molecule has 4 heteroatoms. The molecule has 0 aromatic carbocycles. The van der Waals surface area contributed by atoms with E-state index in [0.29, 0.717) is 13.0 Å². The first-order valence-electron chi connectivity index (χ1n) is 5.45. The fraction of sp³-hybridized carbons (Fsp3) is 0.818. The molecule has 0 radical (unpaired) electrons. The van der Waals surface area contributed by atoms with Crippen LogP contribution in [0.25, 0.3) is 0 Å². The zero-order chi connectivity index (χ0) is 11.1. The van der Waals surface area contributed by atoms with E-state index in [9.17, 15) is 9.59 Å². The van der Waals surface area contributed by atoms with Crippen LogP contribution >= 0.6 is 0 Å². The van der Waals surface area contributed by atoms with Gasteiger partial charge in [-0.1, -0.05) is 0 Å². The van der Waals surface area contributed by atoms with Gasteiger partial charge in [-0.2, -0.15) is 0 Å². The van der Waals surface area contributed by atoms with Crippen LogP contribution in [0.5, 0.6) is 0 Å². The molecule has 0 saturated carbocycles. The van der Waals surface area contributed by atoms with E-state index in [1.165, 1.54) is 7.11 Å². The van der Waals surface area contributed by atoms with E-state index in [4.69, 9.17) is 4.74 Å². The summed E-state index contributed by atoms with van der Waals surface area (Å²) in [5, 5.41) is 0. The van der Waals surface area contributed by atoms with E-state index in [1.54, 1.807) is 0 Å². The van der Waals surface area contributed by atoms with Crippen LogP contribution in [0, 0.1) is 5.41 Å². The van der Waals surface area contributed by atoms with Crippen molar-refractivity contribution in [2.24, 2.45) is 5.41 Å². The van der Waals surface area contributed by atoms with Gasteiger partial charge in [0.25, 0.3) is 0 Å². The minimum absolute atomic E-state index is 0.190. The summed E-state index contributed by atoms with van der Waals surface area (Å²) >= 11 is 0. The zero-order valence-electron chi connectivity index (χ0n) is 9.28. The highest BCUT2D eigenvalue weighted by molar-refractivity contribution is 5.82. The Kier molecular flexibility index (Phi) is 2.44. The fourth-order valence-electron chi connectivity index (χ4n) is 2.78. The highest BCUT2D eigenvalue weighted by Crippen LogP contribution is 2.39. The van der Waals surface area contributed by atoms with Gasteiger partial charge in [-0.15, -0.1) is 0 Å². The second kappa shape index (κ2) is 3.51. The second-order valence-corrected chi connectivity index (χ2v) is 4.82. The Morgan fingerprint density at radius 2 is 2.33 bits per heavy atom. The molecular weight excluding hydrogens is 194 g/mol. The molecule has 2 saturated heterocycles. The zero-order valence-corrected chi connectivity index (χ0v) is 9.28. The van der Waals surface area contributed by atoms with Crippen molar-refractivity contribution in [1.29, 1.82) is 0 Å². The van der Waals surface area contributed by atoms with Crippen LogP contribution in [0.4, 0.5) is 0 Å². The van der Waals surface area contributed by atoms with E-state index in [1.807, 2.05) is 11.8 Å². The summed E-state index contributed by atoms with van der Waals surface area (Å²) in [5.41, 5.74) is -0.487. The summed E-state index contributed by atoms with van der Waals surface area (Å²) in [6, 6.07) is 0.260. The molecule has 0 spiro atoms. The van der Waals surface area contributed by atoms with E-state index in [-0.39, 0.29) is 17.9 Å². The van der Waals surface area contributed by atoms with Gasteiger partial charge in [0, 0.05) is 19.0 Å². The molecule has 1 amide bonds. The molecule has 2 aliphatic heterocycles. The van der Waals surface area contributed by atoms with Gasteiger partial charge in [0.05, 0.1) is 12.5 Å². The minimum Gasteiger partial charge on any atom is -0.469 e. The van der Waals surface area contributed by atoms with Gasteiger partial charge in [-0.05, 0) is 26.2 Å². The van der Waals surface area contributed by atoms with Gasteiger partial charge in [0.1, 0.15) is 0 Å². The van der Waals surface area contributed by atoms with Gasteiger partial charge in [-0.25, -0.2) is 0 Å². The maximum Gasteiger partial charge on any atom is 0.313 e. The molecule has 0 aromatic heterocycles. The van der Waals surface area contributed by atoms with Crippen molar-refractivity contribution < 1.29 is 14.3 Å². The number of rotatable bonds is 1. The Balaban J connectivity index is 2.15. The lowest BCUT2D eigenvalue weighted by molar-refractivity contribution is -0.151. The van der Waals surface area contributed by atoms with Crippen LogP contribution in [0.3, 0.4) is 0 Å². The van der Waals surface area contributed by atoms with Crippen molar-refractivity contribution in [3.8, 4) is 0 Å². The number of hydrogen-bond acceptors (Lipinski definition) is 3. The predicted octanol–water partition coefficient (Wildman–Crippen LogP) is 0.950. The van der Waals surface area contributed by atoms with Gasteiger partial charge < -0.3 is 9.64 Å². The minimum atomic E-state index is -0.487. The van der Waals surface area contributed by atoms with Gasteiger partial charge in [-0.3, -0.25) is 9.59 Å². The maximum absolute atomic E-state index is 11.6. The third-order valence-corrected chi connectivity index (χ3v) is 3.57. The van der Waals surface area contributed by atoms with E-state index < -0.39 is 5.41 Å². The third-order valence-electron chi connectivity index (χ3n) is 3.57. The molecule has 0 aliphatic carbocycles. The van der Waals surface area contributed by atoms with Crippen LogP contribution in [-0.2, 0) is 14.3 Å². The van der Waals surface area contributed by atoms with Crippen molar-refractivity contribution in [1.82, 2.24) is 4.90 Å². The largest absolute Gasteiger partial charge is 0.469 e. The number of esters is 1. The number of amides is 1. The third kappa shape index (κ3) is 1.62. The Bertz CT molecular complexity index is 302. The smallest absolute Gasteiger partial charge is 0.313 e. The lowest BCUT2D eigenvalue weighted by Gasteiger charge is -2.29. The normalized spacial score (nSPS) is 35.2. The van der Waals surface area contributed by atoms with E-state index >= 15 is 0 Å². The molecule has 2 fully saturated rings. The van der Waals surface area contributed by atoms with E-state index in [0.717, 1.165) is 19.3 Å². The molecule has 0 unspecified atom stereocenters. The lowest BCUT2D eigenvalue weighted by Crippen LogP contribution is -2.40. The van der Waals surface area contributed by atoms with E-state index in [2.05, 4.69) is 0 Å². The first kappa shape index (κ1) is 10.5. The molecule has 0 bridgehead atoms. The monoisotopic (exact) mass is 211 g/mol. The van der Waals surface area contributed by atoms with Crippen molar-refractivity contribution in [3.63, 3.8) is 0 Å². The van der Waals surface area contributed by atoms with Crippen LogP contribution in [0.1, 0.15) is 32.6 Å². The van der Waals surface area contributed by atoms with Crippen molar-refractivity contribution >= 4 is 11.9 Å². The van der Waals surface area contributed by atoms with Gasteiger partial charge >= 0.3 is 5.97 Å². The van der Waals surface area contributed by atoms with Crippen molar-refractivity contribution in [3.05, 3.63) is 0 Å². The summed E-state index contributed by atoms with van der Waals surface area (Å²) < 4.78 is 4.80. The fourth-order valence-corrected chi connectivity index (χ4v) is 2.78. The lowest BCUT2D eigenvalue weighted by atomic mass is 9.87. The maximum atomic E-state index is 11.6.